The van der Waals surface area contributed by atoms with E-state index < -0.39 is 0 Å². The molecular weight excluding hydrogens is 769 g/mol. The predicted molar refractivity (Wildman–Crippen MR) is 244 cm³/mol. The van der Waals surface area contributed by atoms with E-state index in [4.69, 9.17) is 19.4 Å². The number of carbonyl (C=O) groups excluding carboxylic acids is 2. The number of hydrogen-bond acceptors (Lipinski definition) is 8. The Bertz CT molecular complexity index is 2630. The summed E-state index contributed by atoms with van der Waals surface area (Å²) in [6.45, 7) is 12.3. The van der Waals surface area contributed by atoms with Crippen LogP contribution in [-0.4, -0.2) is 83.8 Å². The molecule has 0 radical (unpaired) electrons. The molecule has 0 amide bonds. The Labute approximate surface area is 363 Å². The Morgan fingerprint density at radius 3 is 1.45 bits per heavy atom. The molecule has 8 nitrogen and oxygen atoms in total. The Morgan fingerprint density at radius 2 is 1.06 bits per heavy atom. The molecule has 4 aromatic carbocycles. The van der Waals surface area contributed by atoms with Crippen LogP contribution in [0, 0.1) is 23.7 Å². The third kappa shape index (κ3) is 6.09. The number of hydrogen-bond donors (Lipinski definition) is 0. The van der Waals surface area contributed by atoms with Crippen molar-refractivity contribution in [1.29, 1.82) is 0 Å². The van der Waals surface area contributed by atoms with E-state index in [9.17, 15) is 0 Å². The fourth-order valence-electron chi connectivity index (χ4n) is 12.5. The van der Waals surface area contributed by atoms with Crippen LogP contribution in [-0.2, 0) is 0 Å². The standard InChI is InChI=1S/C54H52N4O4/c1-5-31-29-57-23-19-33(31)25-47(57)49(37-17-21-55-45-15-11-35(61-3)27-43(37)45)41-13-14-42(52-51(41)53(59)39-9-7-8-10-40(39)54(52)60)50(48-26-34-20-24-58(48)30-32(34)6-2)38-18-22-56-46-16-12-36(62-4)28-44(38)46/h5-18,21-22,27-28,31-34,47-50H,1-2,19-20,23-26,29-30H2,3-4H3/t31-,32-,33+,34+,47-,48+,49-,50-/m1/s1. The minimum absolute atomic E-state index is 0.0835. The molecule has 13 rings (SSSR count). The number of rotatable bonds is 10. The fraction of sp³-hybridized carbons (Fsp3) is 0.333. The first-order valence-corrected chi connectivity index (χ1v) is 22.3. The van der Waals surface area contributed by atoms with Crippen LogP contribution < -0.4 is 9.47 Å². The van der Waals surface area contributed by atoms with Gasteiger partial charge in [0.15, 0.2) is 11.6 Å². The largest absolute Gasteiger partial charge is 0.497 e. The van der Waals surface area contributed by atoms with Crippen LogP contribution in [0.4, 0.5) is 0 Å². The number of piperidine rings is 6. The average molecular weight is 821 g/mol. The molecule has 6 aromatic rings. The van der Waals surface area contributed by atoms with Crippen LogP contribution in [0.1, 0.15) is 91.6 Å². The van der Waals surface area contributed by atoms with Gasteiger partial charge in [-0.1, -0.05) is 48.6 Å². The normalized spacial score (nSPS) is 27.1. The molecule has 4 bridgehead atoms. The molecule has 0 N–H and O–H groups in total. The monoisotopic (exact) mass is 820 g/mol. The summed E-state index contributed by atoms with van der Waals surface area (Å²) in [5.41, 5.74) is 7.71. The van der Waals surface area contributed by atoms with Gasteiger partial charge in [0.2, 0.25) is 0 Å². The van der Waals surface area contributed by atoms with Gasteiger partial charge in [0.1, 0.15) is 11.5 Å². The Hall–Kier alpha value is -5.96. The molecule has 6 saturated heterocycles. The first kappa shape index (κ1) is 38.9. The van der Waals surface area contributed by atoms with E-state index in [1.807, 2.05) is 60.9 Å². The molecule has 2 unspecified atom stereocenters. The Morgan fingerprint density at radius 1 is 0.613 bits per heavy atom. The number of pyridine rings is 2. The molecule has 7 aliphatic rings. The van der Waals surface area contributed by atoms with E-state index >= 15 is 9.59 Å². The molecular formula is C54H52N4O4. The van der Waals surface area contributed by atoms with E-state index in [-0.39, 0.29) is 35.5 Å². The average Bonchev–Trinajstić information content (AvgIpc) is 3.33. The van der Waals surface area contributed by atoms with Crippen LogP contribution >= 0.6 is 0 Å². The maximum atomic E-state index is 15.6. The van der Waals surface area contributed by atoms with Crippen molar-refractivity contribution in [2.45, 2.75) is 49.6 Å². The number of nitrogens with zero attached hydrogens (tertiary/aromatic N) is 4. The summed E-state index contributed by atoms with van der Waals surface area (Å²) in [6.07, 6.45) is 12.2. The zero-order valence-corrected chi connectivity index (χ0v) is 35.5. The van der Waals surface area contributed by atoms with Crippen molar-refractivity contribution < 1.29 is 19.1 Å². The molecule has 0 saturated carbocycles. The van der Waals surface area contributed by atoms with Crippen molar-refractivity contribution in [2.75, 3.05) is 40.4 Å². The quantitative estimate of drug-likeness (QED) is 0.126. The van der Waals surface area contributed by atoms with Crippen LogP contribution in [0.5, 0.6) is 11.5 Å². The summed E-state index contributed by atoms with van der Waals surface area (Å²) >= 11 is 0. The highest BCUT2D eigenvalue weighted by Gasteiger charge is 2.48. The molecule has 62 heavy (non-hydrogen) atoms. The summed E-state index contributed by atoms with van der Waals surface area (Å²) in [7, 11) is 3.38. The molecule has 8 heteroatoms. The number of fused-ring (bicyclic) bond motifs is 10. The zero-order chi connectivity index (χ0) is 42.2. The van der Waals surface area contributed by atoms with Crippen LogP contribution in [0.2, 0.25) is 0 Å². The van der Waals surface area contributed by atoms with Crippen LogP contribution in [0.25, 0.3) is 21.8 Å². The maximum absolute atomic E-state index is 15.6. The molecule has 6 fully saturated rings. The summed E-state index contributed by atoms with van der Waals surface area (Å²) in [5.74, 6) is 2.63. The van der Waals surface area contributed by atoms with Gasteiger partial charge in [0.25, 0.3) is 0 Å². The smallest absolute Gasteiger partial charge is 0.194 e. The van der Waals surface area contributed by atoms with E-state index in [1.165, 1.54) is 0 Å². The summed E-state index contributed by atoms with van der Waals surface area (Å²) in [5, 5.41) is 1.98. The minimum Gasteiger partial charge on any atom is -0.497 e. The first-order chi connectivity index (χ1) is 30.4. The van der Waals surface area contributed by atoms with Gasteiger partial charge in [-0.15, -0.1) is 13.2 Å². The first-order valence-electron chi connectivity index (χ1n) is 22.3. The van der Waals surface area contributed by atoms with Crippen molar-refractivity contribution in [2.24, 2.45) is 23.7 Å². The van der Waals surface area contributed by atoms with Gasteiger partial charge >= 0.3 is 0 Å². The van der Waals surface area contributed by atoms with Gasteiger partial charge < -0.3 is 9.47 Å². The third-order valence-corrected chi connectivity index (χ3v) is 15.5. The van der Waals surface area contributed by atoms with Gasteiger partial charge in [-0.25, -0.2) is 0 Å². The Balaban J connectivity index is 1.20. The molecule has 8 heterocycles. The van der Waals surface area contributed by atoms with E-state index in [0.29, 0.717) is 45.9 Å². The molecule has 1 aliphatic carbocycles. The zero-order valence-electron chi connectivity index (χ0n) is 35.5. The van der Waals surface area contributed by atoms with Gasteiger partial charge in [-0.05, 0) is 133 Å². The number of carbonyl (C=O) groups is 2. The lowest BCUT2D eigenvalue weighted by Gasteiger charge is -2.52. The predicted octanol–water partition coefficient (Wildman–Crippen LogP) is 9.63. The fourth-order valence-corrected chi connectivity index (χ4v) is 12.5. The highest BCUT2D eigenvalue weighted by molar-refractivity contribution is 6.29. The van der Waals surface area contributed by atoms with E-state index in [0.717, 1.165) is 107 Å². The number of ketones is 2. The van der Waals surface area contributed by atoms with Gasteiger partial charge in [0, 0.05) is 82.4 Å². The second-order valence-electron chi connectivity index (χ2n) is 18.2. The number of benzene rings is 4. The van der Waals surface area contributed by atoms with Gasteiger partial charge in [-0.2, -0.15) is 0 Å². The van der Waals surface area contributed by atoms with Crippen LogP contribution in [0.15, 0.2) is 123 Å². The van der Waals surface area contributed by atoms with Gasteiger partial charge in [0.05, 0.1) is 25.3 Å². The molecule has 312 valence electrons. The summed E-state index contributed by atoms with van der Waals surface area (Å²) in [6, 6.07) is 28.4. The van der Waals surface area contributed by atoms with Crippen molar-refractivity contribution in [1.82, 2.24) is 19.8 Å². The SMILES string of the molecule is C=C[C@@H]1CN2CC[C@H]1C[C@@H]2[C@@H](c1ccc([C@@H](c2ccnc3ccc(OC)cc23)[C@@H]2C[C@@H]3CCN2C[C@H]3C=C)c2c1C(=O)c1ccccc1C2=O)c1ccnc2ccc(OC)cc12. The summed E-state index contributed by atoms with van der Waals surface area (Å²) < 4.78 is 11.6. The molecule has 6 aliphatic heterocycles. The number of methoxy groups -OCH3 is 2. The van der Waals surface area contributed by atoms with E-state index in [2.05, 4.69) is 71.5 Å². The van der Waals surface area contributed by atoms with Crippen LogP contribution in [0.3, 0.4) is 0 Å². The van der Waals surface area contributed by atoms with Gasteiger partial charge in [-0.3, -0.25) is 29.4 Å². The number of ether oxygens (including phenoxy) is 2. The van der Waals surface area contributed by atoms with E-state index in [1.54, 1.807) is 14.2 Å². The molecule has 2 aromatic heterocycles. The highest BCUT2D eigenvalue weighted by atomic mass is 16.5. The minimum atomic E-state index is -0.238. The van der Waals surface area contributed by atoms with Crippen molar-refractivity contribution in [3.05, 3.63) is 167 Å². The van der Waals surface area contributed by atoms with Crippen molar-refractivity contribution in [3.8, 4) is 11.5 Å². The highest BCUT2D eigenvalue weighted by Crippen LogP contribution is 2.51. The molecule has 10 atom stereocenters. The number of aromatic nitrogens is 2. The lowest BCUT2D eigenvalue weighted by atomic mass is 9.65. The molecule has 0 spiro atoms. The topological polar surface area (TPSA) is 84.9 Å². The third-order valence-electron chi connectivity index (χ3n) is 15.5. The second-order valence-corrected chi connectivity index (χ2v) is 18.2. The maximum Gasteiger partial charge on any atom is 0.194 e. The Kier molecular flexibility index (Phi) is 9.69. The van der Waals surface area contributed by atoms with Crippen molar-refractivity contribution in [3.63, 3.8) is 0 Å². The van der Waals surface area contributed by atoms with Crippen molar-refractivity contribution >= 4 is 33.4 Å². The lowest BCUT2D eigenvalue weighted by molar-refractivity contribution is 0.0116. The lowest BCUT2D eigenvalue weighted by Crippen LogP contribution is -2.55. The summed E-state index contributed by atoms with van der Waals surface area (Å²) in [4.78, 5) is 46.2. The second kappa shape index (κ2) is 15.4.